The van der Waals surface area contributed by atoms with Gasteiger partial charge in [0.25, 0.3) is 5.91 Å². The van der Waals surface area contributed by atoms with Crippen molar-refractivity contribution in [2.75, 3.05) is 25.5 Å². The highest BCUT2D eigenvalue weighted by atomic mass is 16.5. The number of nitrogens with two attached hydrogens (primary N) is 1. The lowest BCUT2D eigenvalue weighted by molar-refractivity contribution is 0.0695. The molecule has 1 aliphatic heterocycles. The monoisotopic (exact) mass is 289 g/mol. The van der Waals surface area contributed by atoms with Gasteiger partial charge in [-0.25, -0.2) is 0 Å². The summed E-state index contributed by atoms with van der Waals surface area (Å²) in [4.78, 5) is 15.1. The van der Waals surface area contributed by atoms with Crippen molar-refractivity contribution in [3.05, 3.63) is 18.0 Å². The summed E-state index contributed by atoms with van der Waals surface area (Å²) in [7, 11) is 0. The van der Waals surface area contributed by atoms with Crippen LogP contribution < -0.4 is 5.73 Å². The molecule has 5 nitrogen and oxygen atoms in total. The van der Waals surface area contributed by atoms with Gasteiger partial charge in [-0.1, -0.05) is 0 Å². The Balaban J connectivity index is 1.55. The van der Waals surface area contributed by atoms with Gasteiger partial charge in [-0.15, -0.1) is 0 Å². The number of hydrogen-bond acceptors (Lipinski definition) is 3. The molecule has 114 valence electrons. The average molecular weight is 289 g/mol. The maximum absolute atomic E-state index is 13.0. The van der Waals surface area contributed by atoms with Gasteiger partial charge in [0.05, 0.1) is 12.3 Å². The van der Waals surface area contributed by atoms with Crippen LogP contribution in [0.15, 0.2) is 12.3 Å². The summed E-state index contributed by atoms with van der Waals surface area (Å²) < 4.78 is 7.55. The summed E-state index contributed by atoms with van der Waals surface area (Å²) in [6, 6.07) is 2.76. The van der Waals surface area contributed by atoms with Crippen LogP contribution in [-0.2, 0) is 4.74 Å². The smallest absolute Gasteiger partial charge is 0.270 e. The summed E-state index contributed by atoms with van der Waals surface area (Å²) in [6.45, 7) is 2.46. The van der Waals surface area contributed by atoms with E-state index in [1.165, 1.54) is 0 Å². The number of rotatable bonds is 5. The van der Waals surface area contributed by atoms with Gasteiger partial charge in [0.1, 0.15) is 5.69 Å². The molecular weight excluding hydrogens is 266 g/mol. The van der Waals surface area contributed by atoms with Crippen LogP contribution in [-0.4, -0.2) is 41.2 Å². The molecule has 1 amide bonds. The summed E-state index contributed by atoms with van der Waals surface area (Å²) in [5, 5.41) is 0. The second kappa shape index (κ2) is 5.05. The summed E-state index contributed by atoms with van der Waals surface area (Å²) in [6.07, 6.45) is 7.59. The number of amides is 1. The Hall–Kier alpha value is -1.49. The van der Waals surface area contributed by atoms with E-state index in [1.807, 2.05) is 12.3 Å². The molecule has 3 aliphatic rings. The van der Waals surface area contributed by atoms with Crippen LogP contribution in [0.25, 0.3) is 0 Å². The number of nitrogen functional groups attached to an aromatic ring is 1. The predicted octanol–water partition coefficient (Wildman–Crippen LogP) is 2.05. The van der Waals surface area contributed by atoms with E-state index in [0.717, 1.165) is 57.6 Å². The van der Waals surface area contributed by atoms with Gasteiger partial charge in [-0.3, -0.25) is 4.79 Å². The van der Waals surface area contributed by atoms with Crippen molar-refractivity contribution in [1.29, 1.82) is 0 Å². The van der Waals surface area contributed by atoms with Crippen LogP contribution in [0, 0.1) is 5.92 Å². The topological polar surface area (TPSA) is 60.5 Å². The fourth-order valence-electron chi connectivity index (χ4n) is 3.26. The molecule has 2 N–H and O–H groups in total. The van der Waals surface area contributed by atoms with E-state index in [1.54, 1.807) is 0 Å². The Morgan fingerprint density at radius 3 is 2.76 bits per heavy atom. The minimum atomic E-state index is 0.160. The molecule has 4 rings (SSSR count). The SMILES string of the molecule is Nc1cc(C(=O)N(CC2CCOC2)C2CC2)n(C2CC2)c1. The van der Waals surface area contributed by atoms with Crippen molar-refractivity contribution >= 4 is 11.6 Å². The zero-order valence-electron chi connectivity index (χ0n) is 12.3. The second-order valence-electron chi connectivity index (χ2n) is 6.72. The van der Waals surface area contributed by atoms with Gasteiger partial charge >= 0.3 is 0 Å². The maximum Gasteiger partial charge on any atom is 0.270 e. The van der Waals surface area contributed by atoms with Crippen LogP contribution in [0.4, 0.5) is 5.69 Å². The van der Waals surface area contributed by atoms with Crippen LogP contribution in [0.2, 0.25) is 0 Å². The highest BCUT2D eigenvalue weighted by Gasteiger charge is 2.37. The molecule has 0 spiro atoms. The number of aromatic nitrogens is 1. The van der Waals surface area contributed by atoms with Crippen molar-refractivity contribution in [2.45, 2.75) is 44.2 Å². The molecule has 0 aromatic carbocycles. The Labute approximate surface area is 125 Å². The average Bonchev–Trinajstić information content (AvgIpc) is 3.40. The molecular formula is C16H23N3O2. The molecule has 1 unspecified atom stereocenters. The van der Waals surface area contributed by atoms with E-state index in [0.29, 0.717) is 23.7 Å². The van der Waals surface area contributed by atoms with Crippen molar-refractivity contribution in [3.63, 3.8) is 0 Å². The third kappa shape index (κ3) is 2.67. The van der Waals surface area contributed by atoms with Crippen LogP contribution >= 0.6 is 0 Å². The van der Waals surface area contributed by atoms with E-state index in [9.17, 15) is 4.79 Å². The van der Waals surface area contributed by atoms with E-state index >= 15 is 0 Å². The van der Waals surface area contributed by atoms with Crippen LogP contribution in [0.3, 0.4) is 0 Å². The van der Waals surface area contributed by atoms with E-state index < -0.39 is 0 Å². The normalized spacial score (nSPS) is 25.2. The summed E-state index contributed by atoms with van der Waals surface area (Å²) in [5.41, 5.74) is 7.40. The standard InChI is InChI=1S/C16H23N3O2/c17-12-7-15(18(9-12)13-1-2-13)16(20)19(14-3-4-14)8-11-5-6-21-10-11/h7,9,11,13-14H,1-6,8,10,17H2. The van der Waals surface area contributed by atoms with Crippen molar-refractivity contribution in [1.82, 2.24) is 9.47 Å². The molecule has 2 heterocycles. The summed E-state index contributed by atoms with van der Waals surface area (Å²) in [5.74, 6) is 0.657. The highest BCUT2D eigenvalue weighted by Crippen LogP contribution is 2.38. The van der Waals surface area contributed by atoms with Gasteiger partial charge < -0.3 is 19.9 Å². The van der Waals surface area contributed by atoms with E-state index in [2.05, 4.69) is 9.47 Å². The minimum absolute atomic E-state index is 0.160. The molecule has 5 heteroatoms. The molecule has 3 fully saturated rings. The largest absolute Gasteiger partial charge is 0.397 e. The Bertz CT molecular complexity index is 540. The lowest BCUT2D eigenvalue weighted by atomic mass is 10.1. The van der Waals surface area contributed by atoms with Crippen molar-refractivity contribution in [3.8, 4) is 0 Å². The molecule has 0 bridgehead atoms. The van der Waals surface area contributed by atoms with Gasteiger partial charge in [0.15, 0.2) is 0 Å². The Kier molecular flexibility index (Phi) is 3.17. The first-order valence-electron chi connectivity index (χ1n) is 8.08. The second-order valence-corrected chi connectivity index (χ2v) is 6.72. The number of carbonyl (C=O) groups excluding carboxylic acids is 1. The molecule has 0 radical (unpaired) electrons. The lowest BCUT2D eigenvalue weighted by Crippen LogP contribution is -2.38. The highest BCUT2D eigenvalue weighted by molar-refractivity contribution is 5.94. The number of anilines is 1. The fraction of sp³-hybridized carbons (Fsp3) is 0.688. The zero-order chi connectivity index (χ0) is 14.4. The summed E-state index contributed by atoms with van der Waals surface area (Å²) >= 11 is 0. The number of hydrogen-bond donors (Lipinski definition) is 1. The van der Waals surface area contributed by atoms with Crippen molar-refractivity contribution < 1.29 is 9.53 Å². The molecule has 2 aliphatic carbocycles. The minimum Gasteiger partial charge on any atom is -0.397 e. The Morgan fingerprint density at radius 2 is 2.14 bits per heavy atom. The van der Waals surface area contributed by atoms with Gasteiger partial charge in [0, 0.05) is 37.4 Å². The predicted molar refractivity (Wildman–Crippen MR) is 80.1 cm³/mol. The molecule has 1 aromatic heterocycles. The maximum atomic E-state index is 13.0. The molecule has 1 atom stereocenters. The van der Waals surface area contributed by atoms with Gasteiger partial charge in [0.2, 0.25) is 0 Å². The third-order valence-corrected chi connectivity index (χ3v) is 4.76. The van der Waals surface area contributed by atoms with E-state index in [-0.39, 0.29) is 5.91 Å². The number of ether oxygens (including phenoxy) is 1. The first-order chi connectivity index (χ1) is 10.2. The fourth-order valence-corrected chi connectivity index (χ4v) is 3.26. The van der Waals surface area contributed by atoms with Gasteiger partial charge in [-0.2, -0.15) is 0 Å². The van der Waals surface area contributed by atoms with Crippen molar-refractivity contribution in [2.24, 2.45) is 5.92 Å². The Morgan fingerprint density at radius 1 is 1.33 bits per heavy atom. The molecule has 2 saturated carbocycles. The lowest BCUT2D eigenvalue weighted by Gasteiger charge is -2.25. The molecule has 21 heavy (non-hydrogen) atoms. The first kappa shape index (κ1) is 13.2. The third-order valence-electron chi connectivity index (χ3n) is 4.76. The van der Waals surface area contributed by atoms with Gasteiger partial charge in [-0.05, 0) is 38.2 Å². The number of nitrogens with zero attached hydrogens (tertiary/aromatic N) is 2. The number of carbonyl (C=O) groups is 1. The zero-order valence-corrected chi connectivity index (χ0v) is 12.3. The van der Waals surface area contributed by atoms with Crippen LogP contribution in [0.5, 0.6) is 0 Å². The first-order valence-corrected chi connectivity index (χ1v) is 8.08. The van der Waals surface area contributed by atoms with E-state index in [4.69, 9.17) is 10.5 Å². The molecule has 1 saturated heterocycles. The quantitative estimate of drug-likeness (QED) is 0.902. The van der Waals surface area contributed by atoms with Crippen LogP contribution in [0.1, 0.15) is 48.6 Å². The molecule has 1 aromatic rings.